The molecule has 0 fully saturated rings. The van der Waals surface area contributed by atoms with Gasteiger partial charge in [-0.25, -0.2) is 0 Å². The second kappa shape index (κ2) is 6.16. The first-order valence-corrected chi connectivity index (χ1v) is 5.41. The Morgan fingerprint density at radius 2 is 2.08 bits per heavy atom. The van der Waals surface area contributed by atoms with Gasteiger partial charge in [-0.15, -0.1) is 0 Å². The minimum absolute atomic E-state index is 0.313. The first-order valence-electron chi connectivity index (χ1n) is 4.62. The first-order chi connectivity index (χ1) is 6.33. The van der Waals surface area contributed by atoms with E-state index in [0.717, 1.165) is 36.7 Å². The van der Waals surface area contributed by atoms with Crippen LogP contribution in [-0.4, -0.2) is 21.5 Å². The molecule has 3 nitrogen and oxygen atoms in total. The summed E-state index contributed by atoms with van der Waals surface area (Å²) in [5, 5.41) is 12.7. The predicted octanol–water partition coefficient (Wildman–Crippen LogP) is 2.20. The molecule has 0 aliphatic carbocycles. The van der Waals surface area contributed by atoms with Gasteiger partial charge in [-0.05, 0) is 28.8 Å². The Kier molecular flexibility index (Phi) is 5.08. The van der Waals surface area contributed by atoms with Gasteiger partial charge in [0.1, 0.15) is 0 Å². The number of aliphatic hydroxyl groups excluding tert-OH is 1. The third-order valence-corrected chi connectivity index (χ3v) is 2.31. The van der Waals surface area contributed by atoms with Crippen LogP contribution in [0.1, 0.15) is 25.7 Å². The summed E-state index contributed by atoms with van der Waals surface area (Å²) in [6, 6.07) is 0. The largest absolute Gasteiger partial charge is 0.396 e. The maximum Gasteiger partial charge on any atom is 0.0632 e. The summed E-state index contributed by atoms with van der Waals surface area (Å²) in [6.07, 6.45) is 8.10. The van der Waals surface area contributed by atoms with E-state index in [1.807, 2.05) is 10.9 Å². The van der Waals surface area contributed by atoms with Gasteiger partial charge in [-0.3, -0.25) is 4.68 Å². The number of halogens is 1. The highest BCUT2D eigenvalue weighted by Gasteiger charge is 1.94. The van der Waals surface area contributed by atoms with Crippen molar-refractivity contribution < 1.29 is 5.11 Å². The summed E-state index contributed by atoms with van der Waals surface area (Å²) in [7, 11) is 0. The molecule has 0 saturated heterocycles. The van der Waals surface area contributed by atoms with E-state index < -0.39 is 0 Å². The number of rotatable bonds is 6. The molecule has 1 heterocycles. The van der Waals surface area contributed by atoms with Crippen LogP contribution in [0.3, 0.4) is 0 Å². The Labute approximate surface area is 86.9 Å². The minimum atomic E-state index is 0.313. The highest BCUT2D eigenvalue weighted by atomic mass is 79.9. The number of aryl methyl sites for hydroxylation is 1. The third-order valence-electron chi connectivity index (χ3n) is 1.90. The summed E-state index contributed by atoms with van der Waals surface area (Å²) < 4.78 is 2.96. The first kappa shape index (κ1) is 10.7. The minimum Gasteiger partial charge on any atom is -0.396 e. The van der Waals surface area contributed by atoms with Crippen LogP contribution >= 0.6 is 15.9 Å². The Hall–Kier alpha value is -0.350. The lowest BCUT2D eigenvalue weighted by molar-refractivity contribution is 0.282. The molecule has 0 bridgehead atoms. The van der Waals surface area contributed by atoms with Crippen molar-refractivity contribution >= 4 is 15.9 Å². The molecule has 13 heavy (non-hydrogen) atoms. The summed E-state index contributed by atoms with van der Waals surface area (Å²) in [5.74, 6) is 0. The topological polar surface area (TPSA) is 38.0 Å². The quantitative estimate of drug-likeness (QED) is 0.782. The van der Waals surface area contributed by atoms with Crippen molar-refractivity contribution in [3.63, 3.8) is 0 Å². The van der Waals surface area contributed by atoms with E-state index >= 15 is 0 Å². The third kappa shape index (κ3) is 4.43. The van der Waals surface area contributed by atoms with E-state index in [-0.39, 0.29) is 0 Å². The molecule has 0 aromatic carbocycles. The fourth-order valence-corrected chi connectivity index (χ4v) is 1.53. The van der Waals surface area contributed by atoms with Crippen LogP contribution in [0.5, 0.6) is 0 Å². The van der Waals surface area contributed by atoms with Crippen molar-refractivity contribution in [2.45, 2.75) is 32.2 Å². The second-order valence-corrected chi connectivity index (χ2v) is 3.98. The van der Waals surface area contributed by atoms with E-state index in [0.29, 0.717) is 6.61 Å². The molecule has 0 unspecified atom stereocenters. The fourth-order valence-electron chi connectivity index (χ4n) is 1.20. The SMILES string of the molecule is OCCCCCCn1cc(Br)cn1. The molecule has 4 heteroatoms. The normalized spacial score (nSPS) is 10.6. The summed E-state index contributed by atoms with van der Waals surface area (Å²) in [5.41, 5.74) is 0. The average Bonchev–Trinajstić information content (AvgIpc) is 2.51. The maximum absolute atomic E-state index is 8.56. The van der Waals surface area contributed by atoms with E-state index in [4.69, 9.17) is 5.11 Å². The second-order valence-electron chi connectivity index (χ2n) is 3.06. The van der Waals surface area contributed by atoms with Crippen LogP contribution < -0.4 is 0 Å². The molecule has 0 atom stereocenters. The zero-order valence-corrected chi connectivity index (χ0v) is 9.20. The van der Waals surface area contributed by atoms with E-state index in [1.165, 1.54) is 0 Å². The van der Waals surface area contributed by atoms with E-state index in [1.54, 1.807) is 6.20 Å². The predicted molar refractivity (Wildman–Crippen MR) is 55.5 cm³/mol. The van der Waals surface area contributed by atoms with Crippen molar-refractivity contribution in [2.75, 3.05) is 6.61 Å². The van der Waals surface area contributed by atoms with Gasteiger partial charge in [0.25, 0.3) is 0 Å². The zero-order valence-electron chi connectivity index (χ0n) is 7.62. The number of unbranched alkanes of at least 4 members (excludes halogenated alkanes) is 3. The van der Waals surface area contributed by atoms with Crippen LogP contribution in [0.15, 0.2) is 16.9 Å². The van der Waals surface area contributed by atoms with Gasteiger partial charge < -0.3 is 5.11 Å². The highest BCUT2D eigenvalue weighted by molar-refractivity contribution is 9.10. The fraction of sp³-hybridized carbons (Fsp3) is 0.667. The van der Waals surface area contributed by atoms with Crippen LogP contribution in [0.2, 0.25) is 0 Å². The lowest BCUT2D eigenvalue weighted by Crippen LogP contribution is -1.98. The Balaban J connectivity index is 2.06. The molecule has 1 rings (SSSR count). The average molecular weight is 247 g/mol. The molecule has 1 aromatic rings. The molecular weight excluding hydrogens is 232 g/mol. The Bertz CT molecular complexity index is 237. The number of hydrogen-bond donors (Lipinski definition) is 1. The van der Waals surface area contributed by atoms with Gasteiger partial charge in [0.15, 0.2) is 0 Å². The number of hydrogen-bond acceptors (Lipinski definition) is 2. The van der Waals surface area contributed by atoms with Crippen LogP contribution in [0.25, 0.3) is 0 Å². The van der Waals surface area contributed by atoms with Crippen LogP contribution in [0, 0.1) is 0 Å². The van der Waals surface area contributed by atoms with Gasteiger partial charge in [0, 0.05) is 19.3 Å². The lowest BCUT2D eigenvalue weighted by atomic mass is 10.2. The van der Waals surface area contributed by atoms with Gasteiger partial charge >= 0.3 is 0 Å². The standard InChI is InChI=1S/C9H15BrN2O/c10-9-7-11-12(8-9)5-3-1-2-4-6-13/h7-8,13H,1-6H2. The Morgan fingerprint density at radius 3 is 2.69 bits per heavy atom. The molecule has 0 saturated carbocycles. The van der Waals surface area contributed by atoms with Crippen LogP contribution in [0.4, 0.5) is 0 Å². The molecule has 0 aliphatic heterocycles. The monoisotopic (exact) mass is 246 g/mol. The molecule has 1 N–H and O–H groups in total. The maximum atomic E-state index is 8.56. The van der Waals surface area contributed by atoms with Crippen molar-refractivity contribution in [2.24, 2.45) is 0 Å². The van der Waals surface area contributed by atoms with Gasteiger partial charge in [-0.2, -0.15) is 5.10 Å². The van der Waals surface area contributed by atoms with Gasteiger partial charge in [0.05, 0.1) is 10.7 Å². The van der Waals surface area contributed by atoms with Crippen molar-refractivity contribution in [1.82, 2.24) is 9.78 Å². The van der Waals surface area contributed by atoms with Gasteiger partial charge in [-0.1, -0.05) is 12.8 Å². The van der Waals surface area contributed by atoms with Crippen molar-refractivity contribution in [1.29, 1.82) is 0 Å². The van der Waals surface area contributed by atoms with E-state index in [2.05, 4.69) is 21.0 Å². The molecule has 0 radical (unpaired) electrons. The van der Waals surface area contributed by atoms with Crippen LogP contribution in [-0.2, 0) is 6.54 Å². The van der Waals surface area contributed by atoms with E-state index in [9.17, 15) is 0 Å². The molecule has 1 aromatic heterocycles. The highest BCUT2D eigenvalue weighted by Crippen LogP contribution is 2.07. The number of aromatic nitrogens is 2. The number of nitrogens with zero attached hydrogens (tertiary/aromatic N) is 2. The smallest absolute Gasteiger partial charge is 0.0632 e. The van der Waals surface area contributed by atoms with Gasteiger partial charge in [0.2, 0.25) is 0 Å². The Morgan fingerprint density at radius 1 is 1.31 bits per heavy atom. The molecule has 0 spiro atoms. The number of aliphatic hydroxyl groups is 1. The molecular formula is C9H15BrN2O. The molecule has 0 amide bonds. The summed E-state index contributed by atoms with van der Waals surface area (Å²) in [4.78, 5) is 0. The lowest BCUT2D eigenvalue weighted by Gasteiger charge is -2.00. The summed E-state index contributed by atoms with van der Waals surface area (Å²) >= 11 is 3.35. The van der Waals surface area contributed by atoms with Crippen molar-refractivity contribution in [3.8, 4) is 0 Å². The molecule has 0 aliphatic rings. The van der Waals surface area contributed by atoms with Crippen molar-refractivity contribution in [3.05, 3.63) is 16.9 Å². The zero-order chi connectivity index (χ0) is 9.52. The molecule has 74 valence electrons. The summed E-state index contributed by atoms with van der Waals surface area (Å²) in [6.45, 7) is 1.28.